The Morgan fingerprint density at radius 3 is 2.42 bits per heavy atom. The van der Waals surface area contributed by atoms with Crippen molar-refractivity contribution in [3.05, 3.63) is 64.5 Å². The molecule has 1 aromatic carbocycles. The van der Waals surface area contributed by atoms with E-state index >= 15 is 0 Å². The molecule has 38 heavy (non-hydrogen) atoms. The van der Waals surface area contributed by atoms with Crippen molar-refractivity contribution in [1.82, 2.24) is 15.5 Å². The second-order valence-electron chi connectivity index (χ2n) is 8.72. The van der Waals surface area contributed by atoms with Gasteiger partial charge in [0.05, 0.1) is 0 Å². The Bertz CT molecular complexity index is 1350. The smallest absolute Gasteiger partial charge is 0.352 e. The summed E-state index contributed by atoms with van der Waals surface area (Å²) in [4.78, 5) is 74.2. The first kappa shape index (κ1) is 26.7. The van der Waals surface area contributed by atoms with Crippen LogP contribution in [0, 0.1) is 0 Å². The SMILES string of the molecule is CC(=O)OCC1=C(C(=O)O)N2C(=O)[C@@H](NC(=O)C(NC3=CC(=O)C(=O)C=C3C)c3ccc(O)cc3)[C@H]2SC1. The number of carboxylic acids is 1. The lowest BCUT2D eigenvalue weighted by molar-refractivity contribution is -0.151. The third-order valence-corrected chi connectivity index (χ3v) is 7.42. The summed E-state index contributed by atoms with van der Waals surface area (Å²) in [7, 11) is 0. The number of carbonyl (C=O) groups excluding carboxylic acids is 5. The lowest BCUT2D eigenvalue weighted by Gasteiger charge is -2.49. The van der Waals surface area contributed by atoms with Crippen LogP contribution in [0.2, 0.25) is 0 Å². The van der Waals surface area contributed by atoms with Crippen molar-refractivity contribution in [2.24, 2.45) is 0 Å². The summed E-state index contributed by atoms with van der Waals surface area (Å²) >= 11 is 1.22. The van der Waals surface area contributed by atoms with Crippen LogP contribution >= 0.6 is 11.8 Å². The first-order valence-corrected chi connectivity index (χ1v) is 12.4. The number of hydrogen-bond donors (Lipinski definition) is 4. The van der Waals surface area contributed by atoms with Gasteiger partial charge in [0.25, 0.3) is 5.91 Å². The number of aliphatic carboxylic acids is 1. The van der Waals surface area contributed by atoms with E-state index in [-0.39, 0.29) is 35.1 Å². The third-order valence-electron chi connectivity index (χ3n) is 6.08. The summed E-state index contributed by atoms with van der Waals surface area (Å²) in [6, 6.07) is 3.53. The Hall–Kier alpha value is -4.39. The van der Waals surface area contributed by atoms with E-state index in [0.717, 1.165) is 17.1 Å². The Morgan fingerprint density at radius 2 is 1.79 bits per heavy atom. The standard InChI is InChI=1S/C25H23N3O9S/c1-11-7-17(31)18(32)8-16(11)26-19(13-3-5-15(30)6-4-13)22(33)27-20-23(34)28-21(25(35)36)14(9-37-12(2)29)10-38-24(20)28/h3-8,19-20,24,26,30H,9-10H2,1-2H3,(H,27,33)(H,35,36)/t19?,20-,24-/m1/s1. The zero-order chi connectivity index (χ0) is 27.7. The summed E-state index contributed by atoms with van der Waals surface area (Å²) in [5, 5.41) is 24.3. The van der Waals surface area contributed by atoms with Crippen molar-refractivity contribution in [3.8, 4) is 5.75 Å². The van der Waals surface area contributed by atoms with Gasteiger partial charge in [-0.25, -0.2) is 4.79 Å². The van der Waals surface area contributed by atoms with Gasteiger partial charge in [0.1, 0.15) is 35.5 Å². The van der Waals surface area contributed by atoms with E-state index in [0.29, 0.717) is 11.1 Å². The third kappa shape index (κ3) is 5.18. The summed E-state index contributed by atoms with van der Waals surface area (Å²) in [5.74, 6) is -4.57. The minimum atomic E-state index is -1.36. The predicted octanol–water partition coefficient (Wildman–Crippen LogP) is 0.307. The van der Waals surface area contributed by atoms with E-state index < -0.39 is 52.8 Å². The summed E-state index contributed by atoms with van der Waals surface area (Å²) < 4.78 is 4.92. The highest BCUT2D eigenvalue weighted by Crippen LogP contribution is 2.40. The van der Waals surface area contributed by atoms with Crippen molar-refractivity contribution >= 4 is 47.1 Å². The number of carboxylic acid groups (broad SMARTS) is 1. The number of phenols is 1. The molecule has 0 bridgehead atoms. The molecule has 0 spiro atoms. The monoisotopic (exact) mass is 541 g/mol. The fourth-order valence-corrected chi connectivity index (χ4v) is 5.49. The van der Waals surface area contributed by atoms with Gasteiger partial charge in [-0.05, 0) is 36.3 Å². The van der Waals surface area contributed by atoms with Crippen LogP contribution in [-0.2, 0) is 33.5 Å². The molecule has 1 saturated heterocycles. The molecular formula is C25H23N3O9S. The highest BCUT2D eigenvalue weighted by Gasteiger charge is 2.54. The van der Waals surface area contributed by atoms with Gasteiger partial charge in [0.15, 0.2) is 0 Å². The molecule has 3 atom stereocenters. The number of nitrogens with one attached hydrogen (secondary N) is 2. The van der Waals surface area contributed by atoms with Gasteiger partial charge in [-0.1, -0.05) is 12.1 Å². The minimum Gasteiger partial charge on any atom is -0.508 e. The summed E-state index contributed by atoms with van der Waals surface area (Å²) in [6.07, 6.45) is 2.23. The number of nitrogens with zero attached hydrogens (tertiary/aromatic N) is 1. The zero-order valence-corrected chi connectivity index (χ0v) is 21.0. The number of β-lactam (4-membered cyclic amide) rings is 1. The van der Waals surface area contributed by atoms with Crippen molar-refractivity contribution in [2.75, 3.05) is 12.4 Å². The van der Waals surface area contributed by atoms with Gasteiger partial charge in [-0.15, -0.1) is 11.8 Å². The number of amides is 2. The molecule has 13 heteroatoms. The molecule has 1 unspecified atom stereocenters. The molecule has 2 heterocycles. The fourth-order valence-electron chi connectivity index (χ4n) is 4.16. The van der Waals surface area contributed by atoms with E-state index in [9.17, 15) is 39.0 Å². The molecule has 0 aromatic heterocycles. The average Bonchev–Trinajstić information content (AvgIpc) is 2.87. The predicted molar refractivity (Wildman–Crippen MR) is 132 cm³/mol. The maximum absolute atomic E-state index is 13.4. The number of fused-ring (bicyclic) bond motifs is 1. The molecule has 198 valence electrons. The zero-order valence-electron chi connectivity index (χ0n) is 20.2. The maximum Gasteiger partial charge on any atom is 0.352 e. The van der Waals surface area contributed by atoms with Crippen LogP contribution in [0.4, 0.5) is 0 Å². The van der Waals surface area contributed by atoms with Gasteiger partial charge in [0, 0.05) is 30.0 Å². The largest absolute Gasteiger partial charge is 0.508 e. The number of aromatic hydroxyl groups is 1. The topological polar surface area (TPSA) is 179 Å². The number of ether oxygens (including phenoxy) is 1. The highest BCUT2D eigenvalue weighted by atomic mass is 32.2. The number of carbonyl (C=O) groups is 6. The van der Waals surface area contributed by atoms with Crippen molar-refractivity contribution in [3.63, 3.8) is 0 Å². The number of thioether (sulfide) groups is 1. The molecule has 1 fully saturated rings. The van der Waals surface area contributed by atoms with E-state index in [2.05, 4.69) is 10.6 Å². The number of benzene rings is 1. The molecule has 0 saturated carbocycles. The van der Waals surface area contributed by atoms with E-state index in [1.165, 1.54) is 43.0 Å². The first-order valence-electron chi connectivity index (χ1n) is 11.4. The number of phenolic OH excluding ortho intramolecular Hbond substituents is 1. The first-order chi connectivity index (χ1) is 18.0. The average molecular weight is 542 g/mol. The van der Waals surface area contributed by atoms with E-state index in [4.69, 9.17) is 4.74 Å². The number of hydrogen-bond acceptors (Lipinski definition) is 10. The van der Waals surface area contributed by atoms with Gasteiger partial charge in [-0.2, -0.15) is 0 Å². The number of esters is 1. The Balaban J connectivity index is 1.56. The normalized spacial score (nSPS) is 21.5. The molecule has 12 nitrogen and oxygen atoms in total. The van der Waals surface area contributed by atoms with E-state index in [1.807, 2.05) is 0 Å². The number of allylic oxidation sites excluding steroid dienone is 3. The van der Waals surface area contributed by atoms with Crippen LogP contribution in [0.25, 0.3) is 0 Å². The second-order valence-corrected chi connectivity index (χ2v) is 9.82. The van der Waals surface area contributed by atoms with Crippen LogP contribution in [0.1, 0.15) is 25.5 Å². The highest BCUT2D eigenvalue weighted by molar-refractivity contribution is 8.00. The Labute approximate surface area is 220 Å². The maximum atomic E-state index is 13.4. The Morgan fingerprint density at radius 1 is 1.13 bits per heavy atom. The molecule has 1 aliphatic carbocycles. The van der Waals surface area contributed by atoms with Crippen molar-refractivity contribution in [1.29, 1.82) is 0 Å². The lowest BCUT2D eigenvalue weighted by Crippen LogP contribution is -2.71. The molecule has 1 aromatic rings. The van der Waals surface area contributed by atoms with Crippen LogP contribution in [-0.4, -0.2) is 74.2 Å². The lowest BCUT2D eigenvalue weighted by atomic mass is 9.98. The van der Waals surface area contributed by atoms with Crippen LogP contribution in [0.15, 0.2) is 59.0 Å². The molecule has 4 rings (SSSR count). The summed E-state index contributed by atoms with van der Waals surface area (Å²) in [5.41, 5.74) is 1.04. The van der Waals surface area contributed by atoms with Crippen LogP contribution in [0.5, 0.6) is 5.75 Å². The van der Waals surface area contributed by atoms with Gasteiger partial charge in [-0.3, -0.25) is 28.9 Å². The summed E-state index contributed by atoms with van der Waals surface area (Å²) in [6.45, 7) is 2.51. The fraction of sp³-hybridized carbons (Fsp3) is 0.280. The van der Waals surface area contributed by atoms with Crippen molar-refractivity contribution in [2.45, 2.75) is 31.3 Å². The molecule has 2 amide bonds. The number of rotatable bonds is 8. The van der Waals surface area contributed by atoms with Crippen LogP contribution in [0.3, 0.4) is 0 Å². The second kappa shape index (κ2) is 10.5. The molecule has 3 aliphatic rings. The molecular weight excluding hydrogens is 518 g/mol. The van der Waals surface area contributed by atoms with Gasteiger partial charge < -0.3 is 25.6 Å². The molecule has 0 radical (unpaired) electrons. The van der Waals surface area contributed by atoms with Gasteiger partial charge in [0.2, 0.25) is 17.5 Å². The van der Waals surface area contributed by atoms with Gasteiger partial charge >= 0.3 is 11.9 Å². The van der Waals surface area contributed by atoms with Crippen molar-refractivity contribution < 1.29 is 43.7 Å². The van der Waals surface area contributed by atoms with E-state index in [1.54, 1.807) is 6.92 Å². The van der Waals surface area contributed by atoms with Crippen LogP contribution < -0.4 is 10.6 Å². The molecule has 4 N–H and O–H groups in total. The Kier molecular flexibility index (Phi) is 7.39. The quantitative estimate of drug-likeness (QED) is 0.154. The minimum absolute atomic E-state index is 0.0393. The number of ketones is 2. The molecule has 2 aliphatic heterocycles.